The second kappa shape index (κ2) is 5.33. The number of rotatable bonds is 2. The molecule has 4 nitrogen and oxygen atoms in total. The molecule has 0 unspecified atom stereocenters. The molecular weight excluding hydrogens is 273 g/mol. The lowest BCUT2D eigenvalue weighted by atomic mass is 10.3. The predicted molar refractivity (Wildman–Crippen MR) is 71.2 cm³/mol. The molecule has 92 valence electrons. The Kier molecular flexibility index (Phi) is 3.79. The molecular formula is C12H9Cl2N3O. The Morgan fingerprint density at radius 3 is 2.61 bits per heavy atom. The molecule has 0 saturated heterocycles. The van der Waals surface area contributed by atoms with Gasteiger partial charge in [0.2, 0.25) is 0 Å². The van der Waals surface area contributed by atoms with E-state index in [0.29, 0.717) is 15.7 Å². The van der Waals surface area contributed by atoms with Crippen molar-refractivity contribution in [3.8, 4) is 0 Å². The highest BCUT2D eigenvalue weighted by molar-refractivity contribution is 6.36. The van der Waals surface area contributed by atoms with E-state index in [1.807, 2.05) is 0 Å². The monoisotopic (exact) mass is 281 g/mol. The lowest BCUT2D eigenvalue weighted by Crippen LogP contribution is -2.14. The molecule has 1 heterocycles. The molecule has 0 aliphatic heterocycles. The summed E-state index contributed by atoms with van der Waals surface area (Å²) >= 11 is 11.7. The lowest BCUT2D eigenvalue weighted by molar-refractivity contribution is 0.102. The quantitative estimate of drug-likeness (QED) is 0.919. The third kappa shape index (κ3) is 2.97. The minimum Gasteiger partial charge on any atom is -0.319 e. The predicted octanol–water partition coefficient (Wildman–Crippen LogP) is 3.34. The van der Waals surface area contributed by atoms with Gasteiger partial charge in [-0.05, 0) is 25.1 Å². The van der Waals surface area contributed by atoms with Gasteiger partial charge < -0.3 is 5.32 Å². The Labute approximate surface area is 114 Å². The molecule has 1 N–H and O–H groups in total. The molecule has 1 amide bonds. The van der Waals surface area contributed by atoms with Crippen LogP contribution in [0.3, 0.4) is 0 Å². The van der Waals surface area contributed by atoms with E-state index in [9.17, 15) is 4.79 Å². The van der Waals surface area contributed by atoms with Crippen molar-refractivity contribution in [2.75, 3.05) is 5.32 Å². The maximum absolute atomic E-state index is 11.9. The number of nitrogens with one attached hydrogen (secondary N) is 1. The Morgan fingerprint density at radius 2 is 2.00 bits per heavy atom. The van der Waals surface area contributed by atoms with Crippen molar-refractivity contribution in [3.05, 3.63) is 52.0 Å². The molecule has 18 heavy (non-hydrogen) atoms. The molecule has 0 atom stereocenters. The van der Waals surface area contributed by atoms with Crippen LogP contribution in [0.5, 0.6) is 0 Å². The summed E-state index contributed by atoms with van der Waals surface area (Å²) in [6.07, 6.45) is 2.94. The van der Waals surface area contributed by atoms with E-state index < -0.39 is 0 Å². The molecule has 2 aromatic rings. The van der Waals surface area contributed by atoms with Crippen molar-refractivity contribution < 1.29 is 4.79 Å². The highest BCUT2D eigenvalue weighted by atomic mass is 35.5. The summed E-state index contributed by atoms with van der Waals surface area (Å²) in [7, 11) is 0. The van der Waals surface area contributed by atoms with Crippen molar-refractivity contribution in [1.82, 2.24) is 9.97 Å². The minimum atomic E-state index is -0.369. The van der Waals surface area contributed by atoms with E-state index >= 15 is 0 Å². The topological polar surface area (TPSA) is 54.9 Å². The zero-order chi connectivity index (χ0) is 13.1. The van der Waals surface area contributed by atoms with Crippen LogP contribution in [0.1, 0.15) is 16.2 Å². The van der Waals surface area contributed by atoms with E-state index in [1.54, 1.807) is 25.1 Å². The van der Waals surface area contributed by atoms with Gasteiger partial charge in [0.1, 0.15) is 5.69 Å². The summed E-state index contributed by atoms with van der Waals surface area (Å²) in [5, 5.41) is 3.52. The van der Waals surface area contributed by atoms with Crippen LogP contribution in [0, 0.1) is 6.92 Å². The Balaban J connectivity index is 2.18. The molecule has 1 aromatic heterocycles. The van der Waals surface area contributed by atoms with Crippen LogP contribution >= 0.6 is 23.2 Å². The third-order valence-corrected chi connectivity index (χ3v) is 2.74. The van der Waals surface area contributed by atoms with Gasteiger partial charge >= 0.3 is 0 Å². The number of nitrogens with zero attached hydrogens (tertiary/aromatic N) is 2. The molecule has 0 aliphatic rings. The first-order valence-corrected chi connectivity index (χ1v) is 5.87. The molecule has 0 spiro atoms. The molecule has 1 aromatic carbocycles. The van der Waals surface area contributed by atoms with Crippen LogP contribution in [0.2, 0.25) is 10.0 Å². The number of hydrogen-bond donors (Lipinski definition) is 1. The maximum atomic E-state index is 11.9. The van der Waals surface area contributed by atoms with Gasteiger partial charge in [0.05, 0.1) is 22.6 Å². The van der Waals surface area contributed by atoms with Gasteiger partial charge in [0.15, 0.2) is 0 Å². The minimum absolute atomic E-state index is 0.228. The molecule has 0 bridgehead atoms. The van der Waals surface area contributed by atoms with Gasteiger partial charge in [-0.25, -0.2) is 4.98 Å². The van der Waals surface area contributed by atoms with Crippen LogP contribution in [-0.4, -0.2) is 15.9 Å². The standard InChI is InChI=1S/C12H9Cl2N3O/c1-7-5-16-11(6-15-7)12(18)17-10-3-2-8(13)4-9(10)14/h2-6H,1H3,(H,17,18). The summed E-state index contributed by atoms with van der Waals surface area (Å²) in [6.45, 7) is 1.80. The van der Waals surface area contributed by atoms with E-state index in [4.69, 9.17) is 23.2 Å². The summed E-state index contributed by atoms with van der Waals surface area (Å²) in [4.78, 5) is 19.8. The van der Waals surface area contributed by atoms with E-state index in [0.717, 1.165) is 5.69 Å². The first-order valence-electron chi connectivity index (χ1n) is 5.11. The number of carbonyl (C=O) groups is 1. The maximum Gasteiger partial charge on any atom is 0.275 e. The fourth-order valence-electron chi connectivity index (χ4n) is 1.29. The molecule has 0 radical (unpaired) electrons. The lowest BCUT2D eigenvalue weighted by Gasteiger charge is -2.06. The van der Waals surface area contributed by atoms with E-state index in [1.165, 1.54) is 12.4 Å². The summed E-state index contributed by atoms with van der Waals surface area (Å²) in [5.74, 6) is -0.369. The largest absolute Gasteiger partial charge is 0.319 e. The highest BCUT2D eigenvalue weighted by Gasteiger charge is 2.10. The zero-order valence-corrected chi connectivity index (χ0v) is 11.0. The highest BCUT2D eigenvalue weighted by Crippen LogP contribution is 2.25. The fraction of sp³-hybridized carbons (Fsp3) is 0.0833. The second-order valence-corrected chi connectivity index (χ2v) is 4.46. The molecule has 0 aliphatic carbocycles. The van der Waals surface area contributed by atoms with Crippen molar-refractivity contribution >= 4 is 34.8 Å². The average molecular weight is 282 g/mol. The smallest absolute Gasteiger partial charge is 0.275 e. The summed E-state index contributed by atoms with van der Waals surface area (Å²) in [5.41, 5.74) is 1.45. The number of amides is 1. The number of hydrogen-bond acceptors (Lipinski definition) is 3. The Hall–Kier alpha value is -1.65. The third-order valence-electron chi connectivity index (χ3n) is 2.19. The number of halogens is 2. The first kappa shape index (κ1) is 12.8. The Bertz CT molecular complexity index is 584. The van der Waals surface area contributed by atoms with Gasteiger partial charge in [0, 0.05) is 11.2 Å². The first-order chi connectivity index (χ1) is 8.56. The van der Waals surface area contributed by atoms with Crippen LogP contribution in [0.15, 0.2) is 30.6 Å². The van der Waals surface area contributed by atoms with Crippen molar-refractivity contribution in [1.29, 1.82) is 0 Å². The number of aryl methyl sites for hydroxylation is 1. The number of benzene rings is 1. The van der Waals surface area contributed by atoms with Crippen molar-refractivity contribution in [3.63, 3.8) is 0 Å². The number of anilines is 1. The summed E-state index contributed by atoms with van der Waals surface area (Å²) in [6, 6.07) is 4.83. The fourth-order valence-corrected chi connectivity index (χ4v) is 1.74. The number of carbonyl (C=O) groups excluding carboxylic acids is 1. The van der Waals surface area contributed by atoms with Gasteiger partial charge in [-0.15, -0.1) is 0 Å². The van der Waals surface area contributed by atoms with Gasteiger partial charge in [-0.1, -0.05) is 23.2 Å². The summed E-state index contributed by atoms with van der Waals surface area (Å²) < 4.78 is 0. The number of aromatic nitrogens is 2. The molecule has 6 heteroatoms. The average Bonchev–Trinajstić information content (AvgIpc) is 2.33. The van der Waals surface area contributed by atoms with Gasteiger partial charge in [-0.2, -0.15) is 0 Å². The van der Waals surface area contributed by atoms with Gasteiger partial charge in [0.25, 0.3) is 5.91 Å². The van der Waals surface area contributed by atoms with Crippen molar-refractivity contribution in [2.45, 2.75) is 6.92 Å². The molecule has 2 rings (SSSR count). The second-order valence-electron chi connectivity index (χ2n) is 3.62. The molecule has 0 saturated carbocycles. The Morgan fingerprint density at radius 1 is 1.22 bits per heavy atom. The normalized spacial score (nSPS) is 10.2. The SMILES string of the molecule is Cc1cnc(C(=O)Nc2ccc(Cl)cc2Cl)cn1. The van der Waals surface area contributed by atoms with Crippen LogP contribution in [-0.2, 0) is 0 Å². The zero-order valence-electron chi connectivity index (χ0n) is 9.45. The van der Waals surface area contributed by atoms with Crippen LogP contribution < -0.4 is 5.32 Å². The van der Waals surface area contributed by atoms with E-state index in [-0.39, 0.29) is 11.6 Å². The van der Waals surface area contributed by atoms with Crippen LogP contribution in [0.4, 0.5) is 5.69 Å². The van der Waals surface area contributed by atoms with Gasteiger partial charge in [-0.3, -0.25) is 9.78 Å². The molecule has 0 fully saturated rings. The van der Waals surface area contributed by atoms with E-state index in [2.05, 4.69) is 15.3 Å². The van der Waals surface area contributed by atoms with Crippen molar-refractivity contribution in [2.24, 2.45) is 0 Å². The van der Waals surface area contributed by atoms with Crippen LogP contribution in [0.25, 0.3) is 0 Å².